The quantitative estimate of drug-likeness (QED) is 0.565. The predicted molar refractivity (Wildman–Crippen MR) is 90.9 cm³/mol. The molecule has 2 rings (SSSR count). The van der Waals surface area contributed by atoms with Gasteiger partial charge in [0, 0.05) is 24.3 Å². The third-order valence-electron chi connectivity index (χ3n) is 3.12. The maximum atomic E-state index is 5.85. The van der Waals surface area contributed by atoms with Crippen molar-refractivity contribution in [1.29, 1.82) is 0 Å². The van der Waals surface area contributed by atoms with E-state index in [2.05, 4.69) is 10.3 Å². The van der Waals surface area contributed by atoms with E-state index in [1.165, 1.54) is 0 Å². The number of nitrogens with two attached hydrogens (primary N) is 2. The summed E-state index contributed by atoms with van der Waals surface area (Å²) in [7, 11) is 0. The van der Waals surface area contributed by atoms with Crippen LogP contribution in [0.3, 0.4) is 0 Å². The lowest BCUT2D eigenvalue weighted by atomic mass is 10.1. The molecule has 5 heteroatoms. The molecule has 5 N–H and O–H groups in total. The van der Waals surface area contributed by atoms with Crippen molar-refractivity contribution >= 4 is 11.6 Å². The summed E-state index contributed by atoms with van der Waals surface area (Å²) in [5, 5.41) is 3.04. The van der Waals surface area contributed by atoms with Crippen LogP contribution in [0.25, 0.3) is 0 Å². The molecular weight excluding hydrogens is 276 g/mol. The second kappa shape index (κ2) is 8.05. The van der Waals surface area contributed by atoms with Crippen LogP contribution in [0, 0.1) is 0 Å². The summed E-state index contributed by atoms with van der Waals surface area (Å²) in [6, 6.07) is 15.7. The van der Waals surface area contributed by atoms with E-state index in [1.807, 2.05) is 55.5 Å². The number of anilines is 1. The average Bonchev–Trinajstić information content (AvgIpc) is 2.54. The van der Waals surface area contributed by atoms with Crippen molar-refractivity contribution in [3.8, 4) is 5.75 Å². The third kappa shape index (κ3) is 4.49. The molecule has 0 aliphatic heterocycles. The molecule has 0 aromatic heterocycles. The number of nitrogens with zero attached hydrogens (tertiary/aromatic N) is 1. The topological polar surface area (TPSA) is 85.7 Å². The van der Waals surface area contributed by atoms with Crippen LogP contribution in [0.5, 0.6) is 5.75 Å². The standard InChI is InChI=1S/C17H22N4O/c1-2-20-17(19)21-15-8-9-16(14(10-15)11-18)22-12-13-6-4-3-5-7-13/h3-10H,2,11-12,18H2,1H3,(H3,19,20,21). The van der Waals surface area contributed by atoms with Gasteiger partial charge in [0.2, 0.25) is 0 Å². The number of hydrogen-bond acceptors (Lipinski definition) is 3. The first kappa shape index (κ1) is 15.9. The van der Waals surface area contributed by atoms with Crippen molar-refractivity contribution in [3.05, 3.63) is 59.7 Å². The summed E-state index contributed by atoms with van der Waals surface area (Å²) in [4.78, 5) is 4.09. The van der Waals surface area contributed by atoms with Gasteiger partial charge in [0.15, 0.2) is 5.96 Å². The predicted octanol–water partition coefficient (Wildman–Crippen LogP) is 2.47. The first-order chi connectivity index (χ1) is 10.7. The number of aliphatic imine (C=N–C) groups is 1. The van der Waals surface area contributed by atoms with Gasteiger partial charge in [0.05, 0.1) is 0 Å². The van der Waals surface area contributed by atoms with E-state index in [0.29, 0.717) is 25.7 Å². The molecule has 5 nitrogen and oxygen atoms in total. The molecular formula is C17H22N4O. The summed E-state index contributed by atoms with van der Waals surface area (Å²) in [5.41, 5.74) is 14.5. The largest absolute Gasteiger partial charge is 0.489 e. The van der Waals surface area contributed by atoms with Crippen molar-refractivity contribution in [2.75, 3.05) is 11.9 Å². The van der Waals surface area contributed by atoms with Gasteiger partial charge in [-0.1, -0.05) is 30.3 Å². The Bertz CT molecular complexity index is 626. The molecule has 2 aromatic carbocycles. The van der Waals surface area contributed by atoms with E-state index in [9.17, 15) is 0 Å². The van der Waals surface area contributed by atoms with Gasteiger partial charge in [0.1, 0.15) is 12.4 Å². The van der Waals surface area contributed by atoms with Crippen molar-refractivity contribution in [2.24, 2.45) is 16.5 Å². The third-order valence-corrected chi connectivity index (χ3v) is 3.12. The summed E-state index contributed by atoms with van der Waals surface area (Å²) < 4.78 is 5.85. The minimum absolute atomic E-state index is 0.392. The number of ether oxygens (including phenoxy) is 1. The molecule has 0 spiro atoms. The number of guanidine groups is 1. The molecule has 0 atom stereocenters. The SMILES string of the molecule is CCN=C(N)Nc1ccc(OCc2ccccc2)c(CN)c1. The summed E-state index contributed by atoms with van der Waals surface area (Å²) in [6.45, 7) is 3.48. The Morgan fingerprint density at radius 1 is 1.18 bits per heavy atom. The lowest BCUT2D eigenvalue weighted by Crippen LogP contribution is -2.22. The van der Waals surface area contributed by atoms with E-state index < -0.39 is 0 Å². The highest BCUT2D eigenvalue weighted by Gasteiger charge is 2.05. The lowest BCUT2D eigenvalue weighted by molar-refractivity contribution is 0.303. The van der Waals surface area contributed by atoms with Crippen LogP contribution in [0.4, 0.5) is 5.69 Å². The molecule has 0 aliphatic rings. The number of rotatable bonds is 6. The van der Waals surface area contributed by atoms with Crippen LogP contribution in [0.2, 0.25) is 0 Å². The molecule has 22 heavy (non-hydrogen) atoms. The molecule has 0 saturated carbocycles. The van der Waals surface area contributed by atoms with Gasteiger partial charge in [-0.25, -0.2) is 0 Å². The van der Waals surface area contributed by atoms with Gasteiger partial charge in [-0.15, -0.1) is 0 Å². The fourth-order valence-corrected chi connectivity index (χ4v) is 2.05. The molecule has 0 radical (unpaired) electrons. The van der Waals surface area contributed by atoms with Crippen LogP contribution in [0.1, 0.15) is 18.1 Å². The van der Waals surface area contributed by atoms with Crippen molar-refractivity contribution < 1.29 is 4.74 Å². The maximum absolute atomic E-state index is 5.85. The Balaban J connectivity index is 2.07. The lowest BCUT2D eigenvalue weighted by Gasteiger charge is -2.13. The number of benzene rings is 2. The van der Waals surface area contributed by atoms with E-state index in [1.54, 1.807) is 0 Å². The van der Waals surface area contributed by atoms with Crippen LogP contribution < -0.4 is 21.5 Å². The molecule has 0 unspecified atom stereocenters. The van der Waals surface area contributed by atoms with Gasteiger partial charge < -0.3 is 21.5 Å². The Hall–Kier alpha value is -2.53. The van der Waals surface area contributed by atoms with Gasteiger partial charge in [-0.3, -0.25) is 4.99 Å². The van der Waals surface area contributed by atoms with E-state index in [4.69, 9.17) is 16.2 Å². The molecule has 116 valence electrons. The van der Waals surface area contributed by atoms with Gasteiger partial charge in [-0.2, -0.15) is 0 Å². The highest BCUT2D eigenvalue weighted by molar-refractivity contribution is 5.92. The van der Waals surface area contributed by atoms with Crippen molar-refractivity contribution in [1.82, 2.24) is 0 Å². The molecule has 0 amide bonds. The van der Waals surface area contributed by atoms with Gasteiger partial charge in [-0.05, 0) is 30.7 Å². The second-order valence-electron chi connectivity index (χ2n) is 4.79. The highest BCUT2D eigenvalue weighted by atomic mass is 16.5. The zero-order valence-electron chi connectivity index (χ0n) is 12.8. The zero-order valence-corrected chi connectivity index (χ0v) is 12.8. The summed E-state index contributed by atoms with van der Waals surface area (Å²) >= 11 is 0. The summed E-state index contributed by atoms with van der Waals surface area (Å²) in [6.07, 6.45) is 0. The second-order valence-corrected chi connectivity index (χ2v) is 4.79. The van der Waals surface area contributed by atoms with E-state index in [0.717, 1.165) is 22.6 Å². The van der Waals surface area contributed by atoms with Crippen molar-refractivity contribution in [2.45, 2.75) is 20.1 Å². The Kier molecular flexibility index (Phi) is 5.80. The minimum atomic E-state index is 0.392. The monoisotopic (exact) mass is 298 g/mol. The van der Waals surface area contributed by atoms with Gasteiger partial charge in [0.25, 0.3) is 0 Å². The van der Waals surface area contributed by atoms with E-state index in [-0.39, 0.29) is 0 Å². The first-order valence-corrected chi connectivity index (χ1v) is 7.29. The van der Waals surface area contributed by atoms with Crippen LogP contribution in [0.15, 0.2) is 53.5 Å². The van der Waals surface area contributed by atoms with Crippen LogP contribution >= 0.6 is 0 Å². The molecule has 0 aliphatic carbocycles. The van der Waals surface area contributed by atoms with Gasteiger partial charge >= 0.3 is 0 Å². The Morgan fingerprint density at radius 2 is 1.95 bits per heavy atom. The average molecular weight is 298 g/mol. The molecule has 0 heterocycles. The molecule has 0 saturated heterocycles. The molecule has 0 fully saturated rings. The van der Waals surface area contributed by atoms with Crippen LogP contribution in [-0.2, 0) is 13.2 Å². The van der Waals surface area contributed by atoms with Crippen LogP contribution in [-0.4, -0.2) is 12.5 Å². The fourth-order valence-electron chi connectivity index (χ4n) is 2.05. The smallest absolute Gasteiger partial charge is 0.193 e. The highest BCUT2D eigenvalue weighted by Crippen LogP contribution is 2.23. The minimum Gasteiger partial charge on any atom is -0.489 e. The Labute approximate surface area is 131 Å². The zero-order chi connectivity index (χ0) is 15.8. The van der Waals surface area contributed by atoms with E-state index >= 15 is 0 Å². The Morgan fingerprint density at radius 3 is 2.64 bits per heavy atom. The van der Waals surface area contributed by atoms with Crippen molar-refractivity contribution in [3.63, 3.8) is 0 Å². The summed E-state index contributed by atoms with van der Waals surface area (Å²) in [5.74, 6) is 1.17. The fraction of sp³-hybridized carbons (Fsp3) is 0.235. The maximum Gasteiger partial charge on any atom is 0.193 e. The molecule has 2 aromatic rings. The first-order valence-electron chi connectivity index (χ1n) is 7.29. The normalized spacial score (nSPS) is 11.3. The number of nitrogens with one attached hydrogen (secondary N) is 1. The number of hydrogen-bond donors (Lipinski definition) is 3. The molecule has 0 bridgehead atoms.